The number of fused-ring (bicyclic) bond motifs is 2. The highest BCUT2D eigenvalue weighted by Gasteiger charge is 2.40. The van der Waals surface area contributed by atoms with Crippen LogP contribution in [0.15, 0.2) is 35.1 Å². The second-order valence-electron chi connectivity index (χ2n) is 12.5. The molecule has 1 aliphatic rings. The number of methoxy groups -OCH3 is 2. The maximum atomic E-state index is 14.5. The normalized spacial score (nSPS) is 15.7. The number of hydrogen-bond donors (Lipinski definition) is 0. The number of rotatable bonds is 3. The van der Waals surface area contributed by atoms with Crippen LogP contribution in [0.5, 0.6) is 11.5 Å². The molecule has 0 radical (unpaired) electrons. The van der Waals surface area contributed by atoms with Crippen LogP contribution in [-0.4, -0.2) is 42.0 Å². The number of carbonyl (C=O) groups is 2. The number of carbonyl (C=O) groups excluding carboxylic acids is 2. The molecule has 0 bridgehead atoms. The minimum atomic E-state index is -0.798. The number of amides is 1. The number of ether oxygens (including phenoxy) is 2. The monoisotopic (exact) mass is 532 g/mol. The molecule has 3 aromatic rings. The SMILES string of the molecule is COc1cc2c(cc1OC)[C@H](c1cc3ccc(C)c(C)c3n(C(=O)C(C)(C)C)c1=O)N(C(=O)C(C)(C)C)CC2. The molecule has 0 fully saturated rings. The molecule has 0 spiro atoms. The zero-order valence-electron chi connectivity index (χ0n) is 24.8. The van der Waals surface area contributed by atoms with Crippen molar-refractivity contribution in [2.45, 2.75) is 67.9 Å². The molecular formula is C32H40N2O5. The van der Waals surface area contributed by atoms with Gasteiger partial charge in [-0.05, 0) is 66.1 Å². The van der Waals surface area contributed by atoms with Gasteiger partial charge in [0.05, 0.1) is 25.8 Å². The van der Waals surface area contributed by atoms with Crippen molar-refractivity contribution in [1.29, 1.82) is 0 Å². The Morgan fingerprint density at radius 2 is 1.44 bits per heavy atom. The number of hydrogen-bond acceptors (Lipinski definition) is 5. The zero-order chi connectivity index (χ0) is 29.0. The number of aryl methyl sites for hydroxylation is 2. The Bertz CT molecular complexity index is 1540. The van der Waals surface area contributed by atoms with Crippen molar-refractivity contribution < 1.29 is 19.1 Å². The molecule has 0 N–H and O–H groups in total. The second-order valence-corrected chi connectivity index (χ2v) is 12.5. The van der Waals surface area contributed by atoms with Crippen molar-refractivity contribution in [3.8, 4) is 11.5 Å². The Morgan fingerprint density at radius 1 is 0.846 bits per heavy atom. The van der Waals surface area contributed by atoms with E-state index in [2.05, 4.69) is 0 Å². The fourth-order valence-electron chi connectivity index (χ4n) is 5.35. The van der Waals surface area contributed by atoms with Crippen LogP contribution in [0.1, 0.15) is 80.2 Å². The standard InChI is InChI=1S/C32H40N2O5/c1-18-11-12-21-15-23(28(35)34(26(21)19(18)2)30(37)32(6,7)8)27-22-17-25(39-10)24(38-9)16-20(22)13-14-33(27)29(36)31(3,4)5/h11-12,15-17,27H,13-14H2,1-10H3/t27-/m1/s1. The molecule has 0 saturated heterocycles. The average Bonchev–Trinajstić information content (AvgIpc) is 2.87. The number of pyridine rings is 1. The molecule has 0 unspecified atom stereocenters. The first-order valence-corrected chi connectivity index (χ1v) is 13.4. The first-order valence-electron chi connectivity index (χ1n) is 13.4. The quantitative estimate of drug-likeness (QED) is 0.423. The molecule has 1 atom stereocenters. The van der Waals surface area contributed by atoms with E-state index in [0.29, 0.717) is 35.5 Å². The van der Waals surface area contributed by atoms with Gasteiger partial charge in [0.2, 0.25) is 11.8 Å². The lowest BCUT2D eigenvalue weighted by Crippen LogP contribution is -2.48. The highest BCUT2D eigenvalue weighted by atomic mass is 16.5. The van der Waals surface area contributed by atoms with E-state index in [4.69, 9.17) is 9.47 Å². The maximum Gasteiger partial charge on any atom is 0.263 e. The number of nitrogens with zero attached hydrogens (tertiary/aromatic N) is 2. The molecular weight excluding hydrogens is 492 g/mol. The fourth-order valence-corrected chi connectivity index (χ4v) is 5.35. The summed E-state index contributed by atoms with van der Waals surface area (Å²) in [5.74, 6) is 0.756. The fraction of sp³-hybridized carbons (Fsp3) is 0.469. The molecule has 1 aliphatic heterocycles. The summed E-state index contributed by atoms with van der Waals surface area (Å²) in [5.41, 5.74) is 2.77. The van der Waals surface area contributed by atoms with Crippen molar-refractivity contribution in [3.63, 3.8) is 0 Å². The van der Waals surface area contributed by atoms with Gasteiger partial charge < -0.3 is 14.4 Å². The summed E-state index contributed by atoms with van der Waals surface area (Å²) in [6.45, 7) is 15.4. The molecule has 2 aromatic carbocycles. The molecule has 0 saturated carbocycles. The van der Waals surface area contributed by atoms with Crippen LogP contribution in [0.3, 0.4) is 0 Å². The maximum absolute atomic E-state index is 14.5. The van der Waals surface area contributed by atoms with Crippen LogP contribution in [0.25, 0.3) is 10.9 Å². The predicted octanol–water partition coefficient (Wildman–Crippen LogP) is 5.84. The van der Waals surface area contributed by atoms with Crippen molar-refractivity contribution in [3.05, 3.63) is 68.5 Å². The van der Waals surface area contributed by atoms with Gasteiger partial charge in [0, 0.05) is 22.9 Å². The van der Waals surface area contributed by atoms with Gasteiger partial charge in [-0.1, -0.05) is 53.7 Å². The smallest absolute Gasteiger partial charge is 0.263 e. The molecule has 4 rings (SSSR count). The van der Waals surface area contributed by atoms with Crippen LogP contribution in [0.2, 0.25) is 0 Å². The summed E-state index contributed by atoms with van der Waals surface area (Å²) in [6.07, 6.45) is 0.606. The van der Waals surface area contributed by atoms with Gasteiger partial charge in [-0.25, -0.2) is 4.57 Å². The predicted molar refractivity (Wildman–Crippen MR) is 154 cm³/mol. The van der Waals surface area contributed by atoms with Crippen LogP contribution >= 0.6 is 0 Å². The molecule has 1 amide bonds. The van der Waals surface area contributed by atoms with E-state index in [1.54, 1.807) is 19.1 Å². The largest absolute Gasteiger partial charge is 0.493 e. The molecule has 39 heavy (non-hydrogen) atoms. The molecule has 0 aliphatic carbocycles. The molecule has 2 heterocycles. The summed E-state index contributed by atoms with van der Waals surface area (Å²) in [7, 11) is 3.15. The molecule has 208 valence electrons. The lowest BCUT2D eigenvalue weighted by molar-refractivity contribution is -0.141. The lowest BCUT2D eigenvalue weighted by Gasteiger charge is -2.41. The highest BCUT2D eigenvalue weighted by Crippen LogP contribution is 2.42. The summed E-state index contributed by atoms with van der Waals surface area (Å²) >= 11 is 0. The van der Waals surface area contributed by atoms with E-state index in [1.165, 1.54) is 4.57 Å². The Morgan fingerprint density at radius 3 is 2.00 bits per heavy atom. The first kappa shape index (κ1) is 28.4. The topological polar surface area (TPSA) is 77.8 Å². The third-order valence-corrected chi connectivity index (χ3v) is 7.63. The van der Waals surface area contributed by atoms with Crippen molar-refractivity contribution in [1.82, 2.24) is 9.47 Å². The van der Waals surface area contributed by atoms with E-state index in [-0.39, 0.29) is 11.8 Å². The summed E-state index contributed by atoms with van der Waals surface area (Å²) in [4.78, 5) is 44.0. The molecule has 7 heteroatoms. The van der Waals surface area contributed by atoms with Gasteiger partial charge >= 0.3 is 0 Å². The Kier molecular flexibility index (Phi) is 7.17. The van der Waals surface area contributed by atoms with Crippen LogP contribution in [0.4, 0.5) is 0 Å². The third kappa shape index (κ3) is 4.83. The minimum absolute atomic E-state index is 0.0683. The van der Waals surface area contributed by atoms with Gasteiger partial charge in [-0.3, -0.25) is 14.4 Å². The van der Waals surface area contributed by atoms with Gasteiger partial charge in [0.1, 0.15) is 0 Å². The number of aromatic nitrogens is 1. The van der Waals surface area contributed by atoms with Crippen molar-refractivity contribution in [2.24, 2.45) is 10.8 Å². The summed E-state index contributed by atoms with van der Waals surface area (Å²) in [5, 5.41) is 0.779. The first-order chi connectivity index (χ1) is 18.1. The van der Waals surface area contributed by atoms with Gasteiger partial charge in [0.25, 0.3) is 5.56 Å². The van der Waals surface area contributed by atoms with E-state index in [9.17, 15) is 14.4 Å². The van der Waals surface area contributed by atoms with E-state index in [1.807, 2.05) is 85.7 Å². The Balaban J connectivity index is 2.14. The number of benzene rings is 2. The zero-order valence-corrected chi connectivity index (χ0v) is 24.8. The second kappa shape index (κ2) is 9.85. The minimum Gasteiger partial charge on any atom is -0.493 e. The van der Waals surface area contributed by atoms with E-state index in [0.717, 1.165) is 27.6 Å². The highest BCUT2D eigenvalue weighted by molar-refractivity contribution is 5.96. The third-order valence-electron chi connectivity index (χ3n) is 7.63. The van der Waals surface area contributed by atoms with Crippen molar-refractivity contribution >= 4 is 22.7 Å². The van der Waals surface area contributed by atoms with Crippen LogP contribution in [-0.2, 0) is 11.2 Å². The summed E-state index contributed by atoms with van der Waals surface area (Å²) in [6, 6.07) is 8.89. The Hall–Kier alpha value is -3.61. The molecule has 1 aromatic heterocycles. The van der Waals surface area contributed by atoms with Crippen molar-refractivity contribution in [2.75, 3.05) is 20.8 Å². The van der Waals surface area contributed by atoms with E-state index < -0.39 is 22.4 Å². The Labute approximate surface area is 230 Å². The van der Waals surface area contributed by atoms with Crippen LogP contribution in [0, 0.1) is 24.7 Å². The van der Waals surface area contributed by atoms with Gasteiger partial charge in [-0.2, -0.15) is 0 Å². The lowest BCUT2D eigenvalue weighted by atomic mass is 9.84. The van der Waals surface area contributed by atoms with Gasteiger partial charge in [0.15, 0.2) is 11.5 Å². The average molecular weight is 533 g/mol. The van der Waals surface area contributed by atoms with E-state index >= 15 is 0 Å². The molecule has 7 nitrogen and oxygen atoms in total. The summed E-state index contributed by atoms with van der Waals surface area (Å²) < 4.78 is 12.5. The van der Waals surface area contributed by atoms with Crippen LogP contribution < -0.4 is 15.0 Å². The van der Waals surface area contributed by atoms with Gasteiger partial charge in [-0.15, -0.1) is 0 Å².